The number of anilines is 2. The molecular formula is C22H21F3N8O2S. The Morgan fingerprint density at radius 1 is 1.08 bits per heavy atom. The summed E-state index contributed by atoms with van der Waals surface area (Å²) in [5.74, 6) is 0.372. The number of nitrogens with one attached hydrogen (secondary N) is 3. The SMILES string of the molecule is CCCNc1nnc(-c2cncc(-c3cnc(NC(=O)NCC)cc3-c3nc(C(F)(F)F)cs3)c2)o1. The molecular weight excluding hydrogens is 497 g/mol. The highest BCUT2D eigenvalue weighted by atomic mass is 32.1. The molecule has 36 heavy (non-hydrogen) atoms. The lowest BCUT2D eigenvalue weighted by Crippen LogP contribution is -2.28. The Morgan fingerprint density at radius 3 is 2.61 bits per heavy atom. The van der Waals surface area contributed by atoms with E-state index >= 15 is 0 Å². The van der Waals surface area contributed by atoms with Crippen molar-refractivity contribution in [1.82, 2.24) is 30.5 Å². The molecule has 0 unspecified atom stereocenters. The second-order valence-corrected chi connectivity index (χ2v) is 8.29. The second-order valence-electron chi connectivity index (χ2n) is 7.44. The summed E-state index contributed by atoms with van der Waals surface area (Å²) >= 11 is 0.831. The standard InChI is InChI=1S/C22H21F3N8O2S/c1-3-5-28-21-33-32-18(35-21)13-6-12(8-26-9-13)15-10-29-17(31-20(34)27-4-2)7-14(15)19-30-16(11-36-19)22(23,24)25/h6-11H,3-5H2,1-2H3,(H,28,33)(H2,27,29,31,34). The number of amides is 2. The summed E-state index contributed by atoms with van der Waals surface area (Å²) < 4.78 is 45.3. The van der Waals surface area contributed by atoms with E-state index in [4.69, 9.17) is 4.42 Å². The van der Waals surface area contributed by atoms with Crippen LogP contribution in [0.15, 0.2) is 40.5 Å². The number of carbonyl (C=O) groups is 1. The molecule has 0 aliphatic heterocycles. The Morgan fingerprint density at radius 2 is 1.89 bits per heavy atom. The van der Waals surface area contributed by atoms with Gasteiger partial charge in [0.25, 0.3) is 5.89 Å². The molecule has 0 bridgehead atoms. The molecule has 0 spiro atoms. The van der Waals surface area contributed by atoms with Gasteiger partial charge in [-0.1, -0.05) is 12.0 Å². The van der Waals surface area contributed by atoms with Crippen LogP contribution in [0.25, 0.3) is 33.2 Å². The fourth-order valence-corrected chi connectivity index (χ4v) is 3.98. The molecule has 4 aromatic heterocycles. The van der Waals surface area contributed by atoms with E-state index in [0.29, 0.717) is 35.3 Å². The van der Waals surface area contributed by atoms with Crippen LogP contribution in [-0.2, 0) is 6.18 Å². The predicted octanol–water partition coefficient (Wildman–Crippen LogP) is 5.30. The highest BCUT2D eigenvalue weighted by Gasteiger charge is 2.34. The number of urea groups is 1. The van der Waals surface area contributed by atoms with Crippen molar-refractivity contribution in [1.29, 1.82) is 0 Å². The number of pyridine rings is 2. The van der Waals surface area contributed by atoms with Crippen LogP contribution in [0.5, 0.6) is 0 Å². The van der Waals surface area contributed by atoms with Crippen molar-refractivity contribution in [2.24, 2.45) is 0 Å². The van der Waals surface area contributed by atoms with Gasteiger partial charge in [0.1, 0.15) is 10.8 Å². The molecule has 4 aromatic rings. The van der Waals surface area contributed by atoms with Crippen molar-refractivity contribution in [2.75, 3.05) is 23.7 Å². The van der Waals surface area contributed by atoms with Gasteiger partial charge in [-0.2, -0.15) is 13.2 Å². The maximum atomic E-state index is 13.2. The third-order valence-electron chi connectivity index (χ3n) is 4.76. The first kappa shape index (κ1) is 25.0. The van der Waals surface area contributed by atoms with Gasteiger partial charge >= 0.3 is 18.2 Å². The van der Waals surface area contributed by atoms with Gasteiger partial charge in [-0.15, -0.1) is 16.4 Å². The van der Waals surface area contributed by atoms with Crippen LogP contribution in [0.3, 0.4) is 0 Å². The molecule has 10 nitrogen and oxygen atoms in total. The number of halogens is 3. The quantitative estimate of drug-likeness (QED) is 0.286. The van der Waals surface area contributed by atoms with Crippen LogP contribution < -0.4 is 16.0 Å². The smallest absolute Gasteiger partial charge is 0.403 e. The van der Waals surface area contributed by atoms with Crippen LogP contribution in [0.2, 0.25) is 0 Å². The largest absolute Gasteiger partial charge is 0.434 e. The normalized spacial score (nSPS) is 11.4. The molecule has 0 radical (unpaired) electrons. The maximum Gasteiger partial charge on any atom is 0.434 e. The number of carbonyl (C=O) groups excluding carboxylic acids is 1. The Balaban J connectivity index is 1.75. The maximum absolute atomic E-state index is 13.2. The number of nitrogens with zero attached hydrogens (tertiary/aromatic N) is 5. The minimum atomic E-state index is -4.59. The first-order valence-electron chi connectivity index (χ1n) is 10.9. The predicted molar refractivity (Wildman–Crippen MR) is 128 cm³/mol. The van der Waals surface area contributed by atoms with Gasteiger partial charge in [0.15, 0.2) is 5.69 Å². The van der Waals surface area contributed by atoms with Gasteiger partial charge in [-0.25, -0.2) is 14.8 Å². The Labute approximate surface area is 207 Å². The molecule has 0 fully saturated rings. The average molecular weight is 519 g/mol. The van der Waals surface area contributed by atoms with E-state index in [1.54, 1.807) is 13.0 Å². The van der Waals surface area contributed by atoms with Crippen molar-refractivity contribution < 1.29 is 22.4 Å². The molecule has 14 heteroatoms. The summed E-state index contributed by atoms with van der Waals surface area (Å²) in [5, 5.41) is 17.2. The van der Waals surface area contributed by atoms with E-state index in [0.717, 1.165) is 23.1 Å². The van der Waals surface area contributed by atoms with Crippen molar-refractivity contribution in [2.45, 2.75) is 26.4 Å². The van der Waals surface area contributed by atoms with Crippen molar-refractivity contribution in [3.8, 4) is 33.2 Å². The third-order valence-corrected chi connectivity index (χ3v) is 5.63. The highest BCUT2D eigenvalue weighted by molar-refractivity contribution is 7.13. The lowest BCUT2D eigenvalue weighted by atomic mass is 10.0. The zero-order chi connectivity index (χ0) is 25.7. The summed E-state index contributed by atoms with van der Waals surface area (Å²) in [5.41, 5.74) is 0.831. The van der Waals surface area contributed by atoms with E-state index < -0.39 is 17.9 Å². The molecule has 2 amide bonds. The number of aromatic nitrogens is 5. The molecule has 0 saturated heterocycles. The van der Waals surface area contributed by atoms with Gasteiger partial charge < -0.3 is 15.1 Å². The number of hydrogen-bond acceptors (Lipinski definition) is 9. The van der Waals surface area contributed by atoms with Crippen LogP contribution in [-0.4, -0.2) is 44.3 Å². The van der Waals surface area contributed by atoms with Crippen LogP contribution >= 0.6 is 11.3 Å². The molecule has 3 N–H and O–H groups in total. The van der Waals surface area contributed by atoms with Crippen LogP contribution in [0.1, 0.15) is 26.0 Å². The van der Waals surface area contributed by atoms with Gasteiger partial charge in [-0.05, 0) is 25.5 Å². The third kappa shape index (κ3) is 5.76. The summed E-state index contributed by atoms with van der Waals surface area (Å²) in [4.78, 5) is 24.2. The van der Waals surface area contributed by atoms with Crippen molar-refractivity contribution in [3.63, 3.8) is 0 Å². The number of thiazole rings is 1. The van der Waals surface area contributed by atoms with Gasteiger partial charge in [0, 0.05) is 53.8 Å². The fourth-order valence-electron chi connectivity index (χ4n) is 3.13. The Kier molecular flexibility index (Phi) is 7.43. The monoisotopic (exact) mass is 518 g/mol. The topological polar surface area (TPSA) is 131 Å². The van der Waals surface area contributed by atoms with Crippen LogP contribution in [0, 0.1) is 0 Å². The molecule has 188 valence electrons. The molecule has 4 rings (SSSR count). The number of rotatable bonds is 8. The van der Waals surface area contributed by atoms with Crippen LogP contribution in [0.4, 0.5) is 29.8 Å². The summed E-state index contributed by atoms with van der Waals surface area (Å²) in [7, 11) is 0. The highest BCUT2D eigenvalue weighted by Crippen LogP contribution is 2.39. The molecule has 0 aliphatic rings. The minimum Gasteiger partial charge on any atom is -0.403 e. The van der Waals surface area contributed by atoms with Crippen molar-refractivity contribution >= 4 is 29.2 Å². The molecule has 0 atom stereocenters. The zero-order valence-corrected chi connectivity index (χ0v) is 20.0. The fraction of sp³-hybridized carbons (Fsp3) is 0.273. The Hall–Kier alpha value is -4.07. The number of hydrogen-bond donors (Lipinski definition) is 3. The molecule has 0 aliphatic carbocycles. The molecule has 4 heterocycles. The van der Waals surface area contributed by atoms with E-state index in [9.17, 15) is 18.0 Å². The second kappa shape index (κ2) is 10.7. The summed E-state index contributed by atoms with van der Waals surface area (Å²) in [6, 6.07) is 2.95. The average Bonchev–Trinajstić information content (AvgIpc) is 3.53. The van der Waals surface area contributed by atoms with Crippen molar-refractivity contribution in [3.05, 3.63) is 41.8 Å². The lowest BCUT2D eigenvalue weighted by molar-refractivity contribution is -0.140. The summed E-state index contributed by atoms with van der Waals surface area (Å²) in [6.07, 6.45) is 0.791. The molecule has 0 saturated carbocycles. The number of alkyl halides is 3. The summed E-state index contributed by atoms with van der Waals surface area (Å²) in [6.45, 7) is 4.81. The first-order chi connectivity index (χ1) is 17.3. The van der Waals surface area contributed by atoms with E-state index in [1.807, 2.05) is 6.92 Å². The molecule has 0 aromatic carbocycles. The van der Waals surface area contributed by atoms with E-state index in [-0.39, 0.29) is 22.7 Å². The van der Waals surface area contributed by atoms with E-state index in [2.05, 4.69) is 41.1 Å². The minimum absolute atomic E-state index is 0.105. The van der Waals surface area contributed by atoms with Gasteiger partial charge in [0.2, 0.25) is 0 Å². The van der Waals surface area contributed by atoms with E-state index in [1.165, 1.54) is 24.7 Å². The van der Waals surface area contributed by atoms with Gasteiger partial charge in [0.05, 0.1) is 5.56 Å². The lowest BCUT2D eigenvalue weighted by Gasteiger charge is -2.11. The van der Waals surface area contributed by atoms with Gasteiger partial charge in [-0.3, -0.25) is 10.3 Å². The zero-order valence-electron chi connectivity index (χ0n) is 19.2. The Bertz CT molecular complexity index is 1360. The first-order valence-corrected chi connectivity index (χ1v) is 11.8.